The number of halogens is 1. The molecule has 0 aliphatic carbocycles. The van der Waals surface area contributed by atoms with Gasteiger partial charge in [-0.05, 0) is 46.9 Å². The number of nitrogens with one attached hydrogen (secondary N) is 1. The van der Waals surface area contributed by atoms with E-state index in [-0.39, 0.29) is 5.91 Å². The number of para-hydroxylation sites is 2. The molecule has 2 aromatic carbocycles. The molecule has 0 saturated carbocycles. The Hall–Kier alpha value is -2.55. The number of nitrogens with zero attached hydrogens (tertiary/aromatic N) is 2. The van der Waals surface area contributed by atoms with Crippen molar-refractivity contribution in [2.45, 2.75) is 0 Å². The first-order valence-electron chi connectivity index (χ1n) is 7.44. The van der Waals surface area contributed by atoms with Gasteiger partial charge in [-0.15, -0.1) is 0 Å². The second-order valence-electron chi connectivity index (χ2n) is 5.13. The summed E-state index contributed by atoms with van der Waals surface area (Å²) in [4.78, 5) is 16.8. The minimum absolute atomic E-state index is 0.224. The van der Waals surface area contributed by atoms with Gasteiger partial charge in [0.15, 0.2) is 11.5 Å². The number of anilines is 1. The lowest BCUT2D eigenvalue weighted by molar-refractivity contribution is 0.102. The Morgan fingerprint density at radius 3 is 2.56 bits per heavy atom. The van der Waals surface area contributed by atoms with Crippen molar-refractivity contribution in [3.63, 3.8) is 0 Å². The Kier molecular flexibility index (Phi) is 5.22. The molecule has 0 aliphatic heterocycles. The maximum absolute atomic E-state index is 12.8. The number of aromatic nitrogens is 2. The highest BCUT2D eigenvalue weighted by atomic mass is 127. The standard InChI is InChI=1S/C18H16IN3O3/c1-24-16-9-12(13(19)10-17(16)25-2)18(23)21-14-5-3-4-6-15(14)22-8-7-20-11-22/h3-11H,1-2H3,(H,21,23). The quantitative estimate of drug-likeness (QED) is 0.603. The summed E-state index contributed by atoms with van der Waals surface area (Å²) in [7, 11) is 3.11. The molecule has 1 amide bonds. The fourth-order valence-corrected chi connectivity index (χ4v) is 3.11. The van der Waals surface area contributed by atoms with Gasteiger partial charge in [0.2, 0.25) is 0 Å². The summed E-state index contributed by atoms with van der Waals surface area (Å²) in [5.74, 6) is 0.871. The van der Waals surface area contributed by atoms with Crippen molar-refractivity contribution in [3.05, 3.63) is 64.3 Å². The van der Waals surface area contributed by atoms with Gasteiger partial charge < -0.3 is 19.4 Å². The molecule has 1 aromatic heterocycles. The van der Waals surface area contributed by atoms with E-state index in [4.69, 9.17) is 9.47 Å². The molecular formula is C18H16IN3O3. The molecule has 1 N–H and O–H groups in total. The zero-order valence-electron chi connectivity index (χ0n) is 13.7. The molecule has 0 saturated heterocycles. The lowest BCUT2D eigenvalue weighted by Crippen LogP contribution is -2.15. The van der Waals surface area contributed by atoms with Crippen LogP contribution < -0.4 is 14.8 Å². The Labute approximate surface area is 158 Å². The average molecular weight is 449 g/mol. The van der Waals surface area contributed by atoms with Crippen LogP contribution in [0.1, 0.15) is 10.4 Å². The summed E-state index contributed by atoms with van der Waals surface area (Å²) in [6.45, 7) is 0. The van der Waals surface area contributed by atoms with Crippen LogP contribution in [0.4, 0.5) is 5.69 Å². The first-order valence-corrected chi connectivity index (χ1v) is 8.52. The van der Waals surface area contributed by atoms with E-state index in [1.807, 2.05) is 35.0 Å². The molecule has 0 spiro atoms. The third-order valence-electron chi connectivity index (χ3n) is 3.65. The van der Waals surface area contributed by atoms with Crippen LogP contribution in [0.15, 0.2) is 55.1 Å². The summed E-state index contributed by atoms with van der Waals surface area (Å²) in [5.41, 5.74) is 2.04. The first-order chi connectivity index (χ1) is 12.1. The molecule has 0 aliphatic rings. The Morgan fingerprint density at radius 1 is 1.16 bits per heavy atom. The third-order valence-corrected chi connectivity index (χ3v) is 4.55. The van der Waals surface area contributed by atoms with Crippen LogP contribution in [-0.4, -0.2) is 29.7 Å². The van der Waals surface area contributed by atoms with Gasteiger partial charge in [-0.3, -0.25) is 4.79 Å². The van der Waals surface area contributed by atoms with E-state index in [1.165, 1.54) is 0 Å². The molecular weight excluding hydrogens is 433 g/mol. The molecule has 6 nitrogen and oxygen atoms in total. The van der Waals surface area contributed by atoms with Crippen LogP contribution in [0.3, 0.4) is 0 Å². The average Bonchev–Trinajstić information content (AvgIpc) is 3.16. The van der Waals surface area contributed by atoms with E-state index < -0.39 is 0 Å². The van der Waals surface area contributed by atoms with E-state index in [0.29, 0.717) is 22.7 Å². The summed E-state index contributed by atoms with van der Waals surface area (Å²) in [5, 5.41) is 2.96. The maximum atomic E-state index is 12.8. The largest absolute Gasteiger partial charge is 0.493 e. The molecule has 0 bridgehead atoms. The number of ether oxygens (including phenoxy) is 2. The van der Waals surface area contributed by atoms with Crippen molar-refractivity contribution in [2.75, 3.05) is 19.5 Å². The van der Waals surface area contributed by atoms with Gasteiger partial charge in [0.25, 0.3) is 5.91 Å². The van der Waals surface area contributed by atoms with Gasteiger partial charge in [0.1, 0.15) is 0 Å². The molecule has 3 aromatic rings. The lowest BCUT2D eigenvalue weighted by Gasteiger charge is -2.14. The predicted octanol–water partition coefficient (Wildman–Crippen LogP) is 3.75. The number of hydrogen-bond donors (Lipinski definition) is 1. The highest BCUT2D eigenvalue weighted by Crippen LogP contribution is 2.32. The Balaban J connectivity index is 1.94. The van der Waals surface area contributed by atoms with Crippen molar-refractivity contribution < 1.29 is 14.3 Å². The monoisotopic (exact) mass is 449 g/mol. The van der Waals surface area contributed by atoms with Crippen molar-refractivity contribution >= 4 is 34.2 Å². The molecule has 128 valence electrons. The zero-order chi connectivity index (χ0) is 17.8. The van der Waals surface area contributed by atoms with E-state index >= 15 is 0 Å². The second kappa shape index (κ2) is 7.56. The molecule has 0 atom stereocenters. The summed E-state index contributed by atoms with van der Waals surface area (Å²) in [6, 6.07) is 11.0. The van der Waals surface area contributed by atoms with E-state index in [9.17, 15) is 4.79 Å². The first kappa shape index (κ1) is 17.3. The van der Waals surface area contributed by atoms with Gasteiger partial charge >= 0.3 is 0 Å². The second-order valence-corrected chi connectivity index (χ2v) is 6.29. The molecule has 25 heavy (non-hydrogen) atoms. The lowest BCUT2D eigenvalue weighted by atomic mass is 10.1. The molecule has 7 heteroatoms. The predicted molar refractivity (Wildman–Crippen MR) is 104 cm³/mol. The topological polar surface area (TPSA) is 65.4 Å². The fourth-order valence-electron chi connectivity index (χ4n) is 2.42. The summed E-state index contributed by atoms with van der Waals surface area (Å²) >= 11 is 2.11. The number of rotatable bonds is 5. The van der Waals surface area contributed by atoms with Crippen LogP contribution in [0.25, 0.3) is 5.69 Å². The number of amides is 1. The van der Waals surface area contributed by atoms with E-state index in [0.717, 1.165) is 9.26 Å². The minimum atomic E-state index is -0.224. The summed E-state index contributed by atoms with van der Waals surface area (Å²) in [6.07, 6.45) is 5.20. The van der Waals surface area contributed by atoms with Crippen LogP contribution in [0.5, 0.6) is 11.5 Å². The molecule has 0 unspecified atom stereocenters. The van der Waals surface area contributed by atoms with Crippen LogP contribution >= 0.6 is 22.6 Å². The Bertz CT molecular complexity index is 895. The number of imidazole rings is 1. The number of benzene rings is 2. The van der Waals surface area contributed by atoms with Crippen molar-refractivity contribution in [2.24, 2.45) is 0 Å². The highest BCUT2D eigenvalue weighted by molar-refractivity contribution is 14.1. The fraction of sp³-hybridized carbons (Fsp3) is 0.111. The summed E-state index contributed by atoms with van der Waals surface area (Å²) < 4.78 is 13.2. The minimum Gasteiger partial charge on any atom is -0.493 e. The number of methoxy groups -OCH3 is 2. The van der Waals surface area contributed by atoms with Crippen LogP contribution in [0, 0.1) is 3.57 Å². The Morgan fingerprint density at radius 2 is 1.88 bits per heavy atom. The van der Waals surface area contributed by atoms with Gasteiger partial charge in [-0.1, -0.05) is 12.1 Å². The van der Waals surface area contributed by atoms with Gasteiger partial charge in [-0.25, -0.2) is 4.98 Å². The zero-order valence-corrected chi connectivity index (χ0v) is 15.9. The third kappa shape index (κ3) is 3.60. The molecule has 3 rings (SSSR count). The maximum Gasteiger partial charge on any atom is 0.256 e. The number of carbonyl (C=O) groups excluding carboxylic acids is 1. The molecule has 0 radical (unpaired) electrons. The normalized spacial score (nSPS) is 10.4. The molecule has 0 fully saturated rings. The number of carbonyl (C=O) groups is 1. The van der Waals surface area contributed by atoms with Crippen molar-refractivity contribution in [1.29, 1.82) is 0 Å². The van der Waals surface area contributed by atoms with Crippen LogP contribution in [-0.2, 0) is 0 Å². The van der Waals surface area contributed by atoms with E-state index in [1.54, 1.807) is 38.9 Å². The SMILES string of the molecule is COc1cc(I)c(C(=O)Nc2ccccc2-n2ccnc2)cc1OC. The smallest absolute Gasteiger partial charge is 0.256 e. The van der Waals surface area contributed by atoms with Gasteiger partial charge in [0, 0.05) is 16.0 Å². The number of hydrogen-bond acceptors (Lipinski definition) is 4. The van der Waals surface area contributed by atoms with Crippen molar-refractivity contribution in [1.82, 2.24) is 9.55 Å². The van der Waals surface area contributed by atoms with E-state index in [2.05, 4.69) is 32.9 Å². The van der Waals surface area contributed by atoms with Gasteiger partial charge in [-0.2, -0.15) is 0 Å². The van der Waals surface area contributed by atoms with Crippen molar-refractivity contribution in [3.8, 4) is 17.2 Å². The van der Waals surface area contributed by atoms with Gasteiger partial charge in [0.05, 0.1) is 37.5 Å². The van der Waals surface area contributed by atoms with Crippen LogP contribution in [0.2, 0.25) is 0 Å². The highest BCUT2D eigenvalue weighted by Gasteiger charge is 2.17. The molecule has 1 heterocycles.